The van der Waals surface area contributed by atoms with Crippen molar-refractivity contribution in [2.45, 2.75) is 18.0 Å². The number of thioether (sulfide) groups is 1. The maximum Gasteiger partial charge on any atom is 0.323 e. The number of pyridine rings is 1. The third-order valence-corrected chi connectivity index (χ3v) is 3.52. The molecule has 1 heterocycles. The zero-order valence-electron chi connectivity index (χ0n) is 9.77. The lowest BCUT2D eigenvalue weighted by Crippen LogP contribution is -2.37. The Morgan fingerprint density at radius 1 is 1.65 bits per heavy atom. The van der Waals surface area contributed by atoms with Gasteiger partial charge in [-0.25, -0.2) is 4.98 Å². The van der Waals surface area contributed by atoms with Gasteiger partial charge in [0.05, 0.1) is 11.6 Å². The van der Waals surface area contributed by atoms with E-state index in [1.165, 1.54) is 11.8 Å². The van der Waals surface area contributed by atoms with E-state index in [0.717, 1.165) is 9.50 Å². The Hall–Kier alpha value is -0.590. The number of carbonyl (C=O) groups is 1. The molecule has 0 saturated heterocycles. The molecule has 4 nitrogen and oxygen atoms in total. The highest BCUT2D eigenvalue weighted by molar-refractivity contribution is 9.10. The summed E-state index contributed by atoms with van der Waals surface area (Å²) in [5, 5.41) is 3.82. The number of hydrogen-bond donors (Lipinski definition) is 1. The van der Waals surface area contributed by atoms with Crippen LogP contribution in [0.25, 0.3) is 0 Å². The van der Waals surface area contributed by atoms with Crippen molar-refractivity contribution in [3.8, 4) is 0 Å². The number of nitrogens with zero attached hydrogens (tertiary/aromatic N) is 1. The number of esters is 1. The Morgan fingerprint density at radius 2 is 2.41 bits per heavy atom. The number of aromatic nitrogens is 1. The third kappa shape index (κ3) is 5.06. The van der Waals surface area contributed by atoms with Crippen molar-refractivity contribution in [1.29, 1.82) is 0 Å². The molecule has 1 aromatic heterocycles. The van der Waals surface area contributed by atoms with Crippen LogP contribution >= 0.6 is 27.7 Å². The molecule has 1 atom stereocenters. The smallest absolute Gasteiger partial charge is 0.323 e. The predicted molar refractivity (Wildman–Crippen MR) is 72.1 cm³/mol. The molecule has 0 aliphatic rings. The van der Waals surface area contributed by atoms with E-state index >= 15 is 0 Å². The van der Waals surface area contributed by atoms with E-state index in [0.29, 0.717) is 12.4 Å². The van der Waals surface area contributed by atoms with Crippen molar-refractivity contribution in [3.63, 3.8) is 0 Å². The molecule has 0 bridgehead atoms. The first-order valence-electron chi connectivity index (χ1n) is 5.25. The van der Waals surface area contributed by atoms with Crippen LogP contribution in [0.15, 0.2) is 27.8 Å². The van der Waals surface area contributed by atoms with Gasteiger partial charge in [0.15, 0.2) is 0 Å². The van der Waals surface area contributed by atoms with E-state index in [2.05, 4.69) is 26.2 Å². The van der Waals surface area contributed by atoms with Crippen molar-refractivity contribution in [3.05, 3.63) is 22.8 Å². The lowest BCUT2D eigenvalue weighted by Gasteiger charge is -2.13. The molecule has 1 aromatic rings. The number of ether oxygens (including phenoxy) is 1. The van der Waals surface area contributed by atoms with Gasteiger partial charge in [0.25, 0.3) is 0 Å². The van der Waals surface area contributed by atoms with Crippen LogP contribution in [0, 0.1) is 0 Å². The molecule has 0 spiro atoms. The SMILES string of the molecule is CCOC(=O)C(CSc1ccc(Br)cn1)NC. The Morgan fingerprint density at radius 3 is 2.94 bits per heavy atom. The Labute approximate surface area is 114 Å². The van der Waals surface area contributed by atoms with Crippen molar-refractivity contribution in [2.24, 2.45) is 0 Å². The fourth-order valence-corrected chi connectivity index (χ4v) is 2.29. The third-order valence-electron chi connectivity index (χ3n) is 2.02. The molecule has 0 amide bonds. The van der Waals surface area contributed by atoms with Crippen LogP contribution in [0.4, 0.5) is 0 Å². The molecule has 0 radical (unpaired) electrons. The molecule has 6 heteroatoms. The van der Waals surface area contributed by atoms with Crippen LogP contribution in [-0.2, 0) is 9.53 Å². The number of hydrogen-bond acceptors (Lipinski definition) is 5. The molecular formula is C11H15BrN2O2S. The summed E-state index contributed by atoms with van der Waals surface area (Å²) in [4.78, 5) is 15.7. The van der Waals surface area contributed by atoms with Crippen LogP contribution in [0.2, 0.25) is 0 Å². The Kier molecular flexibility index (Phi) is 6.54. The first-order chi connectivity index (χ1) is 8.17. The highest BCUT2D eigenvalue weighted by Gasteiger charge is 2.17. The van der Waals surface area contributed by atoms with Gasteiger partial charge in [0, 0.05) is 16.4 Å². The molecule has 0 saturated carbocycles. The molecule has 1 rings (SSSR count). The van der Waals surface area contributed by atoms with Gasteiger partial charge in [0.1, 0.15) is 6.04 Å². The molecular weight excluding hydrogens is 304 g/mol. The maximum absolute atomic E-state index is 11.5. The summed E-state index contributed by atoms with van der Waals surface area (Å²) in [6.07, 6.45) is 1.74. The number of halogens is 1. The summed E-state index contributed by atoms with van der Waals surface area (Å²) >= 11 is 4.85. The second-order valence-electron chi connectivity index (χ2n) is 3.22. The van der Waals surface area contributed by atoms with Gasteiger partial charge in [-0.1, -0.05) is 0 Å². The normalized spacial score (nSPS) is 12.2. The van der Waals surface area contributed by atoms with Crippen LogP contribution in [-0.4, -0.2) is 36.4 Å². The zero-order valence-corrected chi connectivity index (χ0v) is 12.2. The van der Waals surface area contributed by atoms with E-state index < -0.39 is 0 Å². The molecule has 17 heavy (non-hydrogen) atoms. The lowest BCUT2D eigenvalue weighted by molar-refractivity contribution is -0.144. The van der Waals surface area contributed by atoms with Crippen LogP contribution in [0.3, 0.4) is 0 Å². The minimum atomic E-state index is -0.301. The fourth-order valence-electron chi connectivity index (χ4n) is 1.13. The highest BCUT2D eigenvalue weighted by atomic mass is 79.9. The summed E-state index contributed by atoms with van der Waals surface area (Å²) in [6.45, 7) is 2.20. The van der Waals surface area contributed by atoms with Gasteiger partial charge in [0.2, 0.25) is 0 Å². The van der Waals surface area contributed by atoms with E-state index in [1.54, 1.807) is 20.2 Å². The van der Waals surface area contributed by atoms with Crippen molar-refractivity contribution < 1.29 is 9.53 Å². The molecule has 0 aliphatic carbocycles. The first kappa shape index (κ1) is 14.5. The number of rotatable bonds is 6. The van der Waals surface area contributed by atoms with Gasteiger partial charge < -0.3 is 10.1 Å². The van der Waals surface area contributed by atoms with E-state index in [9.17, 15) is 4.79 Å². The summed E-state index contributed by atoms with van der Waals surface area (Å²) in [5.74, 6) is 0.379. The van der Waals surface area contributed by atoms with Gasteiger partial charge in [-0.05, 0) is 42.0 Å². The topological polar surface area (TPSA) is 51.2 Å². The van der Waals surface area contributed by atoms with Crippen molar-refractivity contribution in [2.75, 3.05) is 19.4 Å². The second kappa shape index (κ2) is 7.68. The minimum absolute atomic E-state index is 0.223. The van der Waals surface area contributed by atoms with E-state index in [-0.39, 0.29) is 12.0 Å². The fraction of sp³-hybridized carbons (Fsp3) is 0.455. The molecule has 1 N–H and O–H groups in total. The Balaban J connectivity index is 2.47. The highest BCUT2D eigenvalue weighted by Crippen LogP contribution is 2.18. The van der Waals surface area contributed by atoms with Gasteiger partial charge in [-0.2, -0.15) is 0 Å². The van der Waals surface area contributed by atoms with Gasteiger partial charge in [-0.3, -0.25) is 4.79 Å². The molecule has 94 valence electrons. The quantitative estimate of drug-likeness (QED) is 0.643. The van der Waals surface area contributed by atoms with E-state index in [4.69, 9.17) is 4.74 Å². The summed E-state index contributed by atoms with van der Waals surface area (Å²) in [5.41, 5.74) is 0. The zero-order chi connectivity index (χ0) is 12.7. The maximum atomic E-state index is 11.5. The first-order valence-corrected chi connectivity index (χ1v) is 7.03. The van der Waals surface area contributed by atoms with Crippen molar-refractivity contribution in [1.82, 2.24) is 10.3 Å². The largest absolute Gasteiger partial charge is 0.465 e. The molecule has 0 fully saturated rings. The van der Waals surface area contributed by atoms with Crippen molar-refractivity contribution >= 4 is 33.7 Å². The molecule has 1 unspecified atom stereocenters. The average Bonchev–Trinajstić information content (AvgIpc) is 2.32. The summed E-state index contributed by atoms with van der Waals surface area (Å²) in [7, 11) is 1.75. The summed E-state index contributed by atoms with van der Waals surface area (Å²) in [6, 6.07) is 3.53. The minimum Gasteiger partial charge on any atom is -0.465 e. The number of carbonyl (C=O) groups excluding carboxylic acids is 1. The van der Waals surface area contributed by atoms with Crippen LogP contribution in [0.5, 0.6) is 0 Å². The van der Waals surface area contributed by atoms with Gasteiger partial charge in [-0.15, -0.1) is 11.8 Å². The molecule has 0 aliphatic heterocycles. The second-order valence-corrected chi connectivity index (χ2v) is 5.17. The molecule has 0 aromatic carbocycles. The van der Waals surface area contributed by atoms with E-state index in [1.807, 2.05) is 12.1 Å². The predicted octanol–water partition coefficient (Wildman–Crippen LogP) is 2.09. The van der Waals surface area contributed by atoms with Gasteiger partial charge >= 0.3 is 5.97 Å². The lowest BCUT2D eigenvalue weighted by atomic mass is 10.3. The Bertz CT molecular complexity index is 359. The number of nitrogens with one attached hydrogen (secondary N) is 1. The average molecular weight is 319 g/mol. The van der Waals surface area contributed by atoms with Crippen LogP contribution in [0.1, 0.15) is 6.92 Å². The number of likely N-dealkylation sites (N-methyl/N-ethyl adjacent to an activating group) is 1. The standard InChI is InChI=1S/C11H15BrN2O2S/c1-3-16-11(15)9(13-2)7-17-10-5-4-8(12)6-14-10/h4-6,9,13H,3,7H2,1-2H3. The summed E-state index contributed by atoms with van der Waals surface area (Å²) < 4.78 is 5.90. The van der Waals surface area contributed by atoms with Crippen LogP contribution < -0.4 is 5.32 Å². The monoisotopic (exact) mass is 318 g/mol.